The number of benzene rings is 1. The lowest BCUT2D eigenvalue weighted by atomic mass is 10.2. The molecule has 6 heteroatoms. The van der Waals surface area contributed by atoms with Gasteiger partial charge in [-0.3, -0.25) is 0 Å². The van der Waals surface area contributed by atoms with Crippen molar-refractivity contribution in [2.45, 2.75) is 6.61 Å². The van der Waals surface area contributed by atoms with E-state index in [2.05, 4.69) is 9.97 Å². The van der Waals surface area contributed by atoms with Crippen LogP contribution in [0.15, 0.2) is 30.6 Å². The van der Waals surface area contributed by atoms with Crippen LogP contribution in [0.25, 0.3) is 0 Å². The molecule has 1 aromatic carbocycles. The summed E-state index contributed by atoms with van der Waals surface area (Å²) in [4.78, 5) is 7.78. The van der Waals surface area contributed by atoms with Crippen molar-refractivity contribution < 1.29 is 9.47 Å². The highest BCUT2D eigenvalue weighted by Gasteiger charge is 2.11. The lowest BCUT2D eigenvalue weighted by molar-refractivity contribution is 0.271. The van der Waals surface area contributed by atoms with Crippen molar-refractivity contribution in [3.05, 3.63) is 46.3 Å². The molecule has 2 aromatic rings. The maximum atomic E-state index is 5.86. The molecule has 1 heterocycles. The van der Waals surface area contributed by atoms with E-state index < -0.39 is 0 Å². The van der Waals surface area contributed by atoms with Crippen LogP contribution in [-0.2, 0) is 6.61 Å². The molecule has 0 bridgehead atoms. The summed E-state index contributed by atoms with van der Waals surface area (Å²) in [7, 11) is 1.49. The molecule has 94 valence electrons. The van der Waals surface area contributed by atoms with Crippen LogP contribution >= 0.6 is 23.2 Å². The van der Waals surface area contributed by atoms with E-state index in [1.54, 1.807) is 12.1 Å². The van der Waals surface area contributed by atoms with Crippen LogP contribution in [0.4, 0.5) is 0 Å². The Morgan fingerprint density at radius 3 is 2.50 bits per heavy atom. The summed E-state index contributed by atoms with van der Waals surface area (Å²) in [5, 5.41) is 0.903. The fraction of sp³-hybridized carbons (Fsp3) is 0.167. The van der Waals surface area contributed by atoms with Gasteiger partial charge in [0, 0.05) is 5.02 Å². The zero-order valence-corrected chi connectivity index (χ0v) is 11.1. The van der Waals surface area contributed by atoms with Gasteiger partial charge in [-0.05, 0) is 17.7 Å². The van der Waals surface area contributed by atoms with E-state index in [0.717, 1.165) is 5.56 Å². The summed E-state index contributed by atoms with van der Waals surface area (Å²) < 4.78 is 10.6. The van der Waals surface area contributed by atoms with Gasteiger partial charge in [-0.1, -0.05) is 35.3 Å². The molecule has 4 nitrogen and oxygen atoms in total. The first-order valence-electron chi connectivity index (χ1n) is 5.12. The minimum Gasteiger partial charge on any atom is -0.489 e. The van der Waals surface area contributed by atoms with Gasteiger partial charge < -0.3 is 9.47 Å². The zero-order chi connectivity index (χ0) is 13.0. The van der Waals surface area contributed by atoms with Gasteiger partial charge in [0.1, 0.15) is 12.9 Å². The smallest absolute Gasteiger partial charge is 0.262 e. The Morgan fingerprint density at radius 2 is 1.83 bits per heavy atom. The van der Waals surface area contributed by atoms with E-state index in [-0.39, 0.29) is 5.15 Å². The molecule has 0 atom stereocenters. The average molecular weight is 285 g/mol. The molecule has 0 N–H and O–H groups in total. The van der Waals surface area contributed by atoms with Gasteiger partial charge in [-0.25, -0.2) is 4.98 Å². The number of ether oxygens (including phenoxy) is 2. The van der Waals surface area contributed by atoms with Gasteiger partial charge in [-0.15, -0.1) is 0 Å². The van der Waals surface area contributed by atoms with Gasteiger partial charge in [0.25, 0.3) is 5.88 Å². The predicted molar refractivity (Wildman–Crippen MR) is 69.4 cm³/mol. The van der Waals surface area contributed by atoms with Crippen molar-refractivity contribution in [3.63, 3.8) is 0 Å². The Morgan fingerprint density at radius 1 is 1.11 bits per heavy atom. The first-order valence-corrected chi connectivity index (χ1v) is 5.88. The van der Waals surface area contributed by atoms with E-state index in [9.17, 15) is 0 Å². The molecule has 0 fully saturated rings. The molecule has 0 spiro atoms. The summed E-state index contributed by atoms with van der Waals surface area (Å²) in [5.41, 5.74) is 0.969. The van der Waals surface area contributed by atoms with Gasteiger partial charge in [0.15, 0.2) is 5.15 Å². The molecule has 1 aromatic heterocycles. The quantitative estimate of drug-likeness (QED) is 0.808. The maximum Gasteiger partial charge on any atom is 0.262 e. The molecule has 0 unspecified atom stereocenters. The monoisotopic (exact) mass is 284 g/mol. The molecule has 2 rings (SSSR count). The summed E-state index contributed by atoms with van der Waals surface area (Å²) in [6.45, 7) is 0.348. The SMILES string of the molecule is COc1c(Cl)ncnc1OCc1ccc(Cl)cc1. The standard InChI is InChI=1S/C12H10Cl2N2O2/c1-17-10-11(14)15-7-16-12(10)18-6-8-2-4-9(13)5-3-8/h2-5,7H,6H2,1H3. The third-order valence-electron chi connectivity index (χ3n) is 2.22. The van der Waals surface area contributed by atoms with E-state index in [1.807, 2.05) is 12.1 Å². The molecule has 0 saturated carbocycles. The van der Waals surface area contributed by atoms with Crippen LogP contribution in [0.2, 0.25) is 10.2 Å². The van der Waals surface area contributed by atoms with Crippen LogP contribution in [0.3, 0.4) is 0 Å². The van der Waals surface area contributed by atoms with E-state index in [0.29, 0.717) is 23.3 Å². The van der Waals surface area contributed by atoms with Crippen molar-refractivity contribution in [1.82, 2.24) is 9.97 Å². The second-order valence-electron chi connectivity index (χ2n) is 3.42. The Bertz CT molecular complexity index is 532. The number of halogens is 2. The van der Waals surface area contributed by atoms with Crippen molar-refractivity contribution >= 4 is 23.2 Å². The van der Waals surface area contributed by atoms with Crippen LogP contribution in [0, 0.1) is 0 Å². The minimum absolute atomic E-state index is 0.221. The molecule has 0 amide bonds. The summed E-state index contributed by atoms with van der Waals surface area (Å²) in [5.74, 6) is 0.639. The molecule has 0 aliphatic heterocycles. The lowest BCUT2D eigenvalue weighted by Gasteiger charge is -2.09. The Kier molecular flexibility index (Phi) is 4.23. The van der Waals surface area contributed by atoms with Crippen molar-refractivity contribution in [1.29, 1.82) is 0 Å². The molecule has 0 saturated heterocycles. The average Bonchev–Trinajstić information content (AvgIpc) is 2.38. The van der Waals surface area contributed by atoms with E-state index in [4.69, 9.17) is 32.7 Å². The van der Waals surface area contributed by atoms with Gasteiger partial charge in [0.05, 0.1) is 7.11 Å². The first-order chi connectivity index (χ1) is 8.70. The van der Waals surface area contributed by atoms with Crippen LogP contribution in [-0.4, -0.2) is 17.1 Å². The number of rotatable bonds is 4. The highest BCUT2D eigenvalue weighted by atomic mass is 35.5. The molecular formula is C12H10Cl2N2O2. The summed E-state index contributed by atoms with van der Waals surface area (Å²) in [6.07, 6.45) is 1.32. The lowest BCUT2D eigenvalue weighted by Crippen LogP contribution is -2.00. The zero-order valence-electron chi connectivity index (χ0n) is 9.56. The normalized spacial score (nSPS) is 10.2. The first kappa shape index (κ1) is 12.9. The van der Waals surface area contributed by atoms with Crippen LogP contribution in [0.5, 0.6) is 11.6 Å². The Hall–Kier alpha value is -1.52. The van der Waals surface area contributed by atoms with Gasteiger partial charge in [-0.2, -0.15) is 4.98 Å². The predicted octanol–water partition coefficient (Wildman–Crippen LogP) is 3.37. The van der Waals surface area contributed by atoms with Gasteiger partial charge in [0.2, 0.25) is 5.75 Å². The Labute approximate surface area is 114 Å². The highest BCUT2D eigenvalue weighted by molar-refractivity contribution is 6.31. The summed E-state index contributed by atoms with van der Waals surface area (Å²) in [6, 6.07) is 7.34. The molecule has 0 aliphatic rings. The number of aromatic nitrogens is 2. The number of methoxy groups -OCH3 is 1. The third-order valence-corrected chi connectivity index (χ3v) is 2.74. The van der Waals surface area contributed by atoms with E-state index >= 15 is 0 Å². The van der Waals surface area contributed by atoms with Crippen molar-refractivity contribution in [2.24, 2.45) is 0 Å². The van der Waals surface area contributed by atoms with Crippen molar-refractivity contribution in [3.8, 4) is 11.6 Å². The third kappa shape index (κ3) is 3.03. The topological polar surface area (TPSA) is 44.2 Å². The largest absolute Gasteiger partial charge is 0.489 e. The molecule has 0 aliphatic carbocycles. The maximum absolute atomic E-state index is 5.86. The highest BCUT2D eigenvalue weighted by Crippen LogP contribution is 2.30. The molecule has 18 heavy (non-hydrogen) atoms. The second kappa shape index (κ2) is 5.89. The van der Waals surface area contributed by atoms with Gasteiger partial charge >= 0.3 is 0 Å². The minimum atomic E-state index is 0.221. The fourth-order valence-corrected chi connectivity index (χ4v) is 1.67. The Balaban J connectivity index is 2.10. The molecular weight excluding hydrogens is 275 g/mol. The van der Waals surface area contributed by atoms with Crippen LogP contribution < -0.4 is 9.47 Å². The summed E-state index contributed by atoms with van der Waals surface area (Å²) >= 11 is 11.7. The number of hydrogen-bond donors (Lipinski definition) is 0. The number of nitrogens with zero attached hydrogens (tertiary/aromatic N) is 2. The van der Waals surface area contributed by atoms with Crippen LogP contribution in [0.1, 0.15) is 5.56 Å². The van der Waals surface area contributed by atoms with E-state index in [1.165, 1.54) is 13.4 Å². The van der Waals surface area contributed by atoms with Crippen molar-refractivity contribution in [2.75, 3.05) is 7.11 Å². The fourth-order valence-electron chi connectivity index (χ4n) is 1.34. The molecule has 0 radical (unpaired) electrons. The second-order valence-corrected chi connectivity index (χ2v) is 4.21. The number of hydrogen-bond acceptors (Lipinski definition) is 4.